The first-order valence-electron chi connectivity index (χ1n) is 4.43. The number of hydrogen-bond donors (Lipinski definition) is 2. The molecule has 2 rings (SSSR count). The van der Waals surface area contributed by atoms with Crippen LogP contribution in [0.3, 0.4) is 0 Å². The van der Waals surface area contributed by atoms with Crippen LogP contribution in [0.1, 0.15) is 10.4 Å². The summed E-state index contributed by atoms with van der Waals surface area (Å²) in [7, 11) is 0. The number of fused-ring (bicyclic) bond motifs is 1. The van der Waals surface area contributed by atoms with E-state index < -0.39 is 0 Å². The third-order valence-corrected chi connectivity index (χ3v) is 2.08. The second kappa shape index (κ2) is 3.62. The second-order valence-electron chi connectivity index (χ2n) is 3.11. The fraction of sp³-hybridized carbons (Fsp3) is 0.100. The SMILES string of the molecule is NCC(=O)c1ccc2[nH]c(=O)cnc2c1. The van der Waals surface area contributed by atoms with Gasteiger partial charge in [-0.2, -0.15) is 0 Å². The number of H-pyrrole nitrogens is 1. The van der Waals surface area contributed by atoms with E-state index in [1.54, 1.807) is 18.2 Å². The first-order valence-corrected chi connectivity index (χ1v) is 4.43. The van der Waals surface area contributed by atoms with Crippen molar-refractivity contribution >= 4 is 16.8 Å². The second-order valence-corrected chi connectivity index (χ2v) is 3.11. The minimum atomic E-state index is -0.264. The molecule has 3 N–H and O–H groups in total. The Morgan fingerprint density at radius 1 is 1.47 bits per heavy atom. The van der Waals surface area contributed by atoms with Crippen molar-refractivity contribution in [3.05, 3.63) is 40.3 Å². The normalized spacial score (nSPS) is 10.5. The number of carbonyl (C=O) groups excluding carboxylic acids is 1. The highest BCUT2D eigenvalue weighted by atomic mass is 16.1. The number of Topliss-reactive ketones (excluding diaryl/α,β-unsaturated/α-hetero) is 1. The fourth-order valence-electron chi connectivity index (χ4n) is 1.33. The van der Waals surface area contributed by atoms with Gasteiger partial charge in [0, 0.05) is 5.56 Å². The fourth-order valence-corrected chi connectivity index (χ4v) is 1.33. The van der Waals surface area contributed by atoms with E-state index in [9.17, 15) is 9.59 Å². The number of aromatic nitrogens is 2. The first kappa shape index (κ1) is 9.54. The Bertz CT molecular complexity index is 574. The number of nitrogens with zero attached hydrogens (tertiary/aromatic N) is 1. The number of benzene rings is 1. The minimum Gasteiger partial charge on any atom is -0.324 e. The number of hydrogen-bond acceptors (Lipinski definition) is 4. The van der Waals surface area contributed by atoms with Crippen LogP contribution in [0.25, 0.3) is 11.0 Å². The van der Waals surface area contributed by atoms with E-state index in [4.69, 9.17) is 5.73 Å². The zero-order chi connectivity index (χ0) is 10.8. The molecule has 1 aromatic heterocycles. The van der Waals surface area contributed by atoms with Crippen molar-refractivity contribution in [2.24, 2.45) is 5.73 Å². The van der Waals surface area contributed by atoms with E-state index in [0.29, 0.717) is 16.6 Å². The van der Waals surface area contributed by atoms with Gasteiger partial charge in [-0.3, -0.25) is 9.59 Å². The highest BCUT2D eigenvalue weighted by Crippen LogP contribution is 2.09. The lowest BCUT2D eigenvalue weighted by molar-refractivity contribution is 0.100. The Labute approximate surface area is 84.9 Å². The molecule has 0 fully saturated rings. The standard InChI is InChI=1S/C10H9N3O2/c11-4-9(14)6-1-2-7-8(3-6)12-5-10(15)13-7/h1-3,5H,4,11H2,(H,13,15). The summed E-state index contributed by atoms with van der Waals surface area (Å²) in [5.74, 6) is -0.148. The Kier molecular flexibility index (Phi) is 2.31. The van der Waals surface area contributed by atoms with Crippen LogP contribution in [0.15, 0.2) is 29.2 Å². The topological polar surface area (TPSA) is 88.8 Å². The van der Waals surface area contributed by atoms with Gasteiger partial charge in [0.15, 0.2) is 5.78 Å². The predicted molar refractivity (Wildman–Crippen MR) is 55.7 cm³/mol. The molecule has 0 aliphatic rings. The van der Waals surface area contributed by atoms with Gasteiger partial charge in [-0.1, -0.05) is 0 Å². The molecule has 0 aliphatic carbocycles. The van der Waals surface area contributed by atoms with E-state index >= 15 is 0 Å². The van der Waals surface area contributed by atoms with E-state index in [-0.39, 0.29) is 17.9 Å². The molecular formula is C10H9N3O2. The lowest BCUT2D eigenvalue weighted by Crippen LogP contribution is -2.13. The van der Waals surface area contributed by atoms with Crippen LogP contribution in [0.4, 0.5) is 0 Å². The van der Waals surface area contributed by atoms with Gasteiger partial charge in [0.1, 0.15) is 0 Å². The highest BCUT2D eigenvalue weighted by molar-refractivity contribution is 5.99. The third kappa shape index (κ3) is 1.77. The average molecular weight is 203 g/mol. The van der Waals surface area contributed by atoms with Gasteiger partial charge >= 0.3 is 0 Å². The van der Waals surface area contributed by atoms with Crippen molar-refractivity contribution in [3.8, 4) is 0 Å². The van der Waals surface area contributed by atoms with Crippen LogP contribution in [0.5, 0.6) is 0 Å². The van der Waals surface area contributed by atoms with Gasteiger partial charge in [0.05, 0.1) is 23.8 Å². The minimum absolute atomic E-state index is 0.0329. The zero-order valence-corrected chi connectivity index (χ0v) is 7.86. The summed E-state index contributed by atoms with van der Waals surface area (Å²) >= 11 is 0. The Hall–Kier alpha value is -2.01. The van der Waals surface area contributed by atoms with E-state index in [1.807, 2.05) is 0 Å². The maximum atomic E-state index is 11.3. The summed E-state index contributed by atoms with van der Waals surface area (Å²) in [4.78, 5) is 28.8. The number of ketones is 1. The van der Waals surface area contributed by atoms with E-state index in [1.165, 1.54) is 6.20 Å². The van der Waals surface area contributed by atoms with Crippen LogP contribution in [-0.4, -0.2) is 22.3 Å². The number of carbonyl (C=O) groups is 1. The molecule has 2 aromatic rings. The van der Waals surface area contributed by atoms with Gasteiger partial charge in [-0.05, 0) is 18.2 Å². The predicted octanol–water partition coefficient (Wildman–Crippen LogP) is 0.0645. The van der Waals surface area contributed by atoms with Crippen molar-refractivity contribution in [1.29, 1.82) is 0 Å². The molecule has 0 atom stereocenters. The van der Waals surface area contributed by atoms with Crippen LogP contribution in [-0.2, 0) is 0 Å². The molecule has 0 amide bonds. The number of nitrogens with one attached hydrogen (secondary N) is 1. The smallest absolute Gasteiger partial charge is 0.266 e. The zero-order valence-electron chi connectivity index (χ0n) is 7.86. The third-order valence-electron chi connectivity index (χ3n) is 2.08. The van der Waals surface area contributed by atoms with Gasteiger partial charge in [0.25, 0.3) is 5.56 Å². The Balaban J connectivity index is 2.62. The van der Waals surface area contributed by atoms with Crippen molar-refractivity contribution in [3.63, 3.8) is 0 Å². The molecule has 1 heterocycles. The average Bonchev–Trinajstić information content (AvgIpc) is 2.27. The van der Waals surface area contributed by atoms with Gasteiger partial charge in [-0.25, -0.2) is 4.98 Å². The van der Waals surface area contributed by atoms with E-state index in [2.05, 4.69) is 9.97 Å². The molecule has 5 nitrogen and oxygen atoms in total. The summed E-state index contributed by atoms with van der Waals surface area (Å²) in [6, 6.07) is 4.88. The molecule has 0 bridgehead atoms. The number of nitrogens with two attached hydrogens (primary N) is 1. The molecule has 0 radical (unpaired) electrons. The van der Waals surface area contributed by atoms with Crippen molar-refractivity contribution < 1.29 is 4.79 Å². The highest BCUT2D eigenvalue weighted by Gasteiger charge is 2.04. The first-order chi connectivity index (χ1) is 7.20. The molecule has 0 spiro atoms. The van der Waals surface area contributed by atoms with Crippen molar-refractivity contribution in [2.45, 2.75) is 0 Å². The van der Waals surface area contributed by atoms with Crippen molar-refractivity contribution in [2.75, 3.05) is 6.54 Å². The van der Waals surface area contributed by atoms with Gasteiger partial charge in [-0.15, -0.1) is 0 Å². The molecule has 5 heteroatoms. The molecule has 0 saturated carbocycles. The van der Waals surface area contributed by atoms with Crippen LogP contribution < -0.4 is 11.3 Å². The Morgan fingerprint density at radius 2 is 2.27 bits per heavy atom. The summed E-state index contributed by atoms with van der Waals surface area (Å²) in [6.45, 7) is -0.0329. The van der Waals surface area contributed by atoms with Crippen LogP contribution >= 0.6 is 0 Å². The molecule has 0 saturated heterocycles. The number of rotatable bonds is 2. The molecule has 76 valence electrons. The maximum Gasteiger partial charge on any atom is 0.266 e. The van der Waals surface area contributed by atoms with Crippen molar-refractivity contribution in [1.82, 2.24) is 9.97 Å². The Morgan fingerprint density at radius 3 is 3.00 bits per heavy atom. The summed E-state index contributed by atoms with van der Waals surface area (Å²) in [5.41, 5.74) is 6.67. The lowest BCUT2D eigenvalue weighted by atomic mass is 10.1. The molecule has 15 heavy (non-hydrogen) atoms. The molecule has 1 aromatic carbocycles. The monoisotopic (exact) mass is 203 g/mol. The lowest BCUT2D eigenvalue weighted by Gasteiger charge is -1.99. The molecule has 0 aliphatic heterocycles. The van der Waals surface area contributed by atoms with Gasteiger partial charge in [0.2, 0.25) is 0 Å². The summed E-state index contributed by atoms with van der Waals surface area (Å²) in [6.07, 6.45) is 1.18. The van der Waals surface area contributed by atoms with Gasteiger partial charge < -0.3 is 10.7 Å². The molecular weight excluding hydrogens is 194 g/mol. The summed E-state index contributed by atoms with van der Waals surface area (Å²) in [5, 5.41) is 0. The number of aromatic amines is 1. The maximum absolute atomic E-state index is 11.3. The summed E-state index contributed by atoms with van der Waals surface area (Å²) < 4.78 is 0. The molecule has 0 unspecified atom stereocenters. The van der Waals surface area contributed by atoms with E-state index in [0.717, 1.165) is 0 Å². The van der Waals surface area contributed by atoms with Crippen LogP contribution in [0, 0.1) is 0 Å². The largest absolute Gasteiger partial charge is 0.324 e. The van der Waals surface area contributed by atoms with Crippen LogP contribution in [0.2, 0.25) is 0 Å². The quantitative estimate of drug-likeness (QED) is 0.675.